The third-order valence-corrected chi connectivity index (χ3v) is 3.33. The topological polar surface area (TPSA) is 81.7 Å². The van der Waals surface area contributed by atoms with Crippen LogP contribution >= 0.6 is 12.6 Å². The Kier molecular flexibility index (Phi) is 4.41. The van der Waals surface area contributed by atoms with Crippen molar-refractivity contribution in [3.63, 3.8) is 0 Å². The summed E-state index contributed by atoms with van der Waals surface area (Å²) in [5, 5.41) is 18.2. The number of ketones is 2. The molecule has 2 aromatic rings. The van der Waals surface area contributed by atoms with Gasteiger partial charge in [-0.05, 0) is 18.4 Å². The maximum atomic E-state index is 12.5. The van der Waals surface area contributed by atoms with Gasteiger partial charge < -0.3 is 0 Å². The monoisotopic (exact) mass is 306 g/mol. The first kappa shape index (κ1) is 15.5. The molecular formula is C17H10N2O2S. The fraction of sp³-hybridized carbons (Fsp3) is 0.0588. The van der Waals surface area contributed by atoms with E-state index in [1.807, 2.05) is 12.1 Å². The van der Waals surface area contributed by atoms with Crippen molar-refractivity contribution in [2.75, 3.05) is 6.26 Å². The van der Waals surface area contributed by atoms with Gasteiger partial charge in [-0.1, -0.05) is 24.3 Å². The predicted molar refractivity (Wildman–Crippen MR) is 84.1 cm³/mol. The van der Waals surface area contributed by atoms with Gasteiger partial charge in [-0.2, -0.15) is 23.2 Å². The molecule has 106 valence electrons. The SMILES string of the molecule is CS.N#Cc1ccc2c(c1C#N)C(=O)c1ccccc1C2=O. The minimum atomic E-state index is -0.385. The third kappa shape index (κ3) is 2.18. The Labute approximate surface area is 133 Å². The number of nitriles is 2. The lowest BCUT2D eigenvalue weighted by Gasteiger charge is -2.18. The van der Waals surface area contributed by atoms with Crippen LogP contribution in [0.4, 0.5) is 0 Å². The Balaban J connectivity index is 0.000000847. The Morgan fingerprint density at radius 2 is 1.41 bits per heavy atom. The highest BCUT2D eigenvalue weighted by Gasteiger charge is 2.32. The standard InChI is InChI=1S/C16H6N2O2.CH4S/c17-7-9-5-6-12-14(13(9)8-18)16(20)11-4-2-1-3-10(11)15(12)19;1-2/h1-6H;2H,1H3. The Bertz CT molecular complexity index is 873. The lowest BCUT2D eigenvalue weighted by Crippen LogP contribution is -2.22. The third-order valence-electron chi connectivity index (χ3n) is 3.33. The summed E-state index contributed by atoms with van der Waals surface area (Å²) in [5.74, 6) is -0.681. The van der Waals surface area contributed by atoms with Crippen molar-refractivity contribution in [3.8, 4) is 12.1 Å². The molecule has 0 unspecified atom stereocenters. The number of thiol groups is 1. The molecule has 0 radical (unpaired) electrons. The average molecular weight is 306 g/mol. The summed E-state index contributed by atoms with van der Waals surface area (Å²) in [4.78, 5) is 24.9. The van der Waals surface area contributed by atoms with E-state index in [1.165, 1.54) is 12.1 Å². The fourth-order valence-corrected chi connectivity index (χ4v) is 2.40. The number of nitrogens with zero attached hydrogens (tertiary/aromatic N) is 2. The van der Waals surface area contributed by atoms with Crippen LogP contribution < -0.4 is 0 Å². The second-order valence-corrected chi connectivity index (χ2v) is 4.34. The van der Waals surface area contributed by atoms with Crippen LogP contribution in [-0.2, 0) is 0 Å². The van der Waals surface area contributed by atoms with E-state index in [9.17, 15) is 14.9 Å². The fourth-order valence-electron chi connectivity index (χ4n) is 2.40. The summed E-state index contributed by atoms with van der Waals surface area (Å²) in [6.45, 7) is 0. The lowest BCUT2D eigenvalue weighted by atomic mass is 9.81. The molecule has 0 aliphatic heterocycles. The minimum Gasteiger partial charge on any atom is -0.289 e. The van der Waals surface area contributed by atoms with Crippen molar-refractivity contribution >= 4 is 24.2 Å². The van der Waals surface area contributed by atoms with Crippen molar-refractivity contribution in [1.29, 1.82) is 10.5 Å². The van der Waals surface area contributed by atoms with Crippen molar-refractivity contribution in [2.45, 2.75) is 0 Å². The molecule has 2 aromatic carbocycles. The van der Waals surface area contributed by atoms with E-state index < -0.39 is 0 Å². The van der Waals surface area contributed by atoms with Gasteiger partial charge in [-0.3, -0.25) is 9.59 Å². The molecule has 1 aliphatic carbocycles. The minimum absolute atomic E-state index is 0.0298. The van der Waals surface area contributed by atoms with Crippen LogP contribution in [0, 0.1) is 22.7 Å². The van der Waals surface area contributed by atoms with Crippen molar-refractivity contribution in [2.24, 2.45) is 0 Å². The van der Waals surface area contributed by atoms with Crippen LogP contribution in [-0.4, -0.2) is 17.8 Å². The van der Waals surface area contributed by atoms with Gasteiger partial charge >= 0.3 is 0 Å². The first-order valence-corrected chi connectivity index (χ1v) is 7.19. The van der Waals surface area contributed by atoms with Gasteiger partial charge in [0.05, 0.1) is 16.7 Å². The largest absolute Gasteiger partial charge is 0.289 e. The van der Waals surface area contributed by atoms with Crippen molar-refractivity contribution < 1.29 is 9.59 Å². The van der Waals surface area contributed by atoms with Crippen LogP contribution in [0.15, 0.2) is 36.4 Å². The van der Waals surface area contributed by atoms with Gasteiger partial charge in [0.1, 0.15) is 12.1 Å². The molecule has 0 saturated carbocycles. The number of fused-ring (bicyclic) bond motifs is 2. The van der Waals surface area contributed by atoms with Crippen LogP contribution in [0.5, 0.6) is 0 Å². The summed E-state index contributed by atoms with van der Waals surface area (Å²) >= 11 is 3.53. The zero-order valence-electron chi connectivity index (χ0n) is 11.6. The molecule has 0 atom stereocenters. The summed E-state index contributed by atoms with van der Waals surface area (Å²) in [6.07, 6.45) is 1.69. The van der Waals surface area contributed by atoms with Crippen molar-refractivity contribution in [3.05, 3.63) is 69.8 Å². The highest BCUT2D eigenvalue weighted by Crippen LogP contribution is 2.30. The van der Waals surface area contributed by atoms with E-state index >= 15 is 0 Å². The van der Waals surface area contributed by atoms with Gasteiger partial charge in [0.15, 0.2) is 11.6 Å². The zero-order chi connectivity index (χ0) is 16.3. The molecule has 22 heavy (non-hydrogen) atoms. The van der Waals surface area contributed by atoms with Crippen LogP contribution in [0.2, 0.25) is 0 Å². The molecule has 0 bridgehead atoms. The Morgan fingerprint density at radius 3 is 1.95 bits per heavy atom. The average Bonchev–Trinajstić information content (AvgIpc) is 2.60. The van der Waals surface area contributed by atoms with Crippen molar-refractivity contribution in [1.82, 2.24) is 0 Å². The van der Waals surface area contributed by atoms with E-state index in [4.69, 9.17) is 5.26 Å². The molecule has 0 aromatic heterocycles. The van der Waals surface area contributed by atoms with E-state index in [0.29, 0.717) is 5.56 Å². The maximum absolute atomic E-state index is 12.5. The quantitative estimate of drug-likeness (QED) is 0.647. The van der Waals surface area contributed by atoms with Gasteiger partial charge in [0.2, 0.25) is 0 Å². The maximum Gasteiger partial charge on any atom is 0.195 e. The number of carbonyl (C=O) groups is 2. The number of rotatable bonds is 0. The van der Waals surface area contributed by atoms with Crippen LogP contribution in [0.25, 0.3) is 0 Å². The Hall–Kier alpha value is -2.89. The molecule has 4 nitrogen and oxygen atoms in total. The highest BCUT2D eigenvalue weighted by molar-refractivity contribution is 7.79. The molecule has 5 heteroatoms. The number of carbonyl (C=O) groups excluding carboxylic acids is 2. The number of hydrogen-bond acceptors (Lipinski definition) is 5. The first-order valence-electron chi connectivity index (χ1n) is 6.29. The summed E-state index contributed by atoms with van der Waals surface area (Å²) in [6, 6.07) is 13.1. The van der Waals surface area contributed by atoms with E-state index in [0.717, 1.165) is 0 Å². The molecule has 0 saturated heterocycles. The van der Waals surface area contributed by atoms with Crippen LogP contribution in [0.3, 0.4) is 0 Å². The molecular weight excluding hydrogens is 296 g/mol. The second-order valence-electron chi connectivity index (χ2n) is 4.34. The normalized spacial score (nSPS) is 11.3. The van der Waals surface area contributed by atoms with Crippen LogP contribution in [0.1, 0.15) is 43.0 Å². The van der Waals surface area contributed by atoms with Gasteiger partial charge in [-0.15, -0.1) is 0 Å². The molecule has 0 fully saturated rings. The second kappa shape index (κ2) is 6.26. The summed E-state index contributed by atoms with van der Waals surface area (Å²) in [7, 11) is 0. The lowest BCUT2D eigenvalue weighted by molar-refractivity contribution is 0.0979. The first-order chi connectivity index (χ1) is 10.7. The van der Waals surface area contributed by atoms with E-state index in [-0.39, 0.29) is 39.4 Å². The van der Waals surface area contributed by atoms with Gasteiger partial charge in [0, 0.05) is 16.7 Å². The molecule has 1 aliphatic rings. The number of benzene rings is 2. The summed E-state index contributed by atoms with van der Waals surface area (Å²) in [5.41, 5.74) is 0.902. The van der Waals surface area contributed by atoms with E-state index in [2.05, 4.69) is 12.6 Å². The van der Waals surface area contributed by atoms with Gasteiger partial charge in [-0.25, -0.2) is 0 Å². The molecule has 0 amide bonds. The Morgan fingerprint density at radius 1 is 0.818 bits per heavy atom. The van der Waals surface area contributed by atoms with E-state index in [1.54, 1.807) is 30.5 Å². The molecule has 0 spiro atoms. The highest BCUT2D eigenvalue weighted by atomic mass is 32.1. The predicted octanol–water partition coefficient (Wildman–Crippen LogP) is 2.75. The smallest absolute Gasteiger partial charge is 0.195 e. The molecule has 0 N–H and O–H groups in total. The zero-order valence-corrected chi connectivity index (χ0v) is 12.5. The summed E-state index contributed by atoms with van der Waals surface area (Å²) < 4.78 is 0. The number of hydrogen-bond donors (Lipinski definition) is 1. The molecule has 0 heterocycles. The van der Waals surface area contributed by atoms with Gasteiger partial charge in [0.25, 0.3) is 0 Å². The molecule has 3 rings (SSSR count).